The van der Waals surface area contributed by atoms with E-state index in [1.807, 2.05) is 24.3 Å². The first kappa shape index (κ1) is 14.6. The number of nitrogens with one attached hydrogen (secondary N) is 1. The minimum Gasteiger partial charge on any atom is -0.338 e. The van der Waals surface area contributed by atoms with E-state index in [4.69, 9.17) is 11.6 Å². The number of aryl methyl sites for hydroxylation is 2. The number of nitrogens with zero attached hydrogens (tertiary/aromatic N) is 1. The molecule has 0 saturated carbocycles. The van der Waals surface area contributed by atoms with Gasteiger partial charge in [-0.15, -0.1) is 0 Å². The maximum absolute atomic E-state index is 13.3. The van der Waals surface area contributed by atoms with Gasteiger partial charge in [-0.25, -0.2) is 4.39 Å². The first-order valence-corrected chi connectivity index (χ1v) is 7.17. The highest BCUT2D eigenvalue weighted by Gasteiger charge is 2.20. The summed E-state index contributed by atoms with van der Waals surface area (Å²) in [4.78, 5) is 12.6. The Hall–Kier alpha value is -2.33. The first-order chi connectivity index (χ1) is 10.5. The molecule has 1 amide bonds. The normalized spacial score (nSPS) is 10.9. The number of anilines is 1. The van der Waals surface area contributed by atoms with Crippen molar-refractivity contribution in [1.29, 1.82) is 0 Å². The molecule has 3 rings (SSSR count). The number of amides is 1. The molecule has 1 heterocycles. The number of carbonyl (C=O) groups is 1. The third-order valence-electron chi connectivity index (χ3n) is 3.71. The van der Waals surface area contributed by atoms with Gasteiger partial charge in [-0.2, -0.15) is 0 Å². The van der Waals surface area contributed by atoms with E-state index in [2.05, 4.69) is 5.32 Å². The van der Waals surface area contributed by atoms with Crippen molar-refractivity contribution < 1.29 is 9.18 Å². The number of rotatable bonds is 2. The number of fused-ring (bicyclic) bond motifs is 1. The van der Waals surface area contributed by atoms with Gasteiger partial charge in [-0.3, -0.25) is 4.79 Å². The van der Waals surface area contributed by atoms with Gasteiger partial charge in [0.25, 0.3) is 5.91 Å². The summed E-state index contributed by atoms with van der Waals surface area (Å²) in [5, 5.41) is 3.93. The SMILES string of the molecule is Cc1ccc(F)cc1NC(=O)c1c(Cl)c2ccccc2n1C. The van der Waals surface area contributed by atoms with E-state index < -0.39 is 5.82 Å². The second-order valence-electron chi connectivity index (χ2n) is 5.15. The van der Waals surface area contributed by atoms with Gasteiger partial charge >= 0.3 is 0 Å². The Labute approximate surface area is 132 Å². The second kappa shape index (κ2) is 5.46. The van der Waals surface area contributed by atoms with E-state index in [0.717, 1.165) is 16.5 Å². The predicted octanol–water partition coefficient (Wildman–Crippen LogP) is 4.53. The van der Waals surface area contributed by atoms with Crippen LogP contribution in [0.25, 0.3) is 10.9 Å². The molecule has 5 heteroatoms. The minimum absolute atomic E-state index is 0.353. The molecule has 3 nitrogen and oxygen atoms in total. The zero-order valence-corrected chi connectivity index (χ0v) is 12.9. The topological polar surface area (TPSA) is 34.0 Å². The fourth-order valence-corrected chi connectivity index (χ4v) is 2.88. The summed E-state index contributed by atoms with van der Waals surface area (Å²) in [6, 6.07) is 11.8. The van der Waals surface area contributed by atoms with Crippen molar-refractivity contribution in [2.45, 2.75) is 6.92 Å². The van der Waals surface area contributed by atoms with Crippen molar-refractivity contribution in [3.63, 3.8) is 0 Å². The Kier molecular flexibility index (Phi) is 3.62. The first-order valence-electron chi connectivity index (χ1n) is 6.79. The van der Waals surface area contributed by atoms with Gasteiger partial charge in [0, 0.05) is 23.6 Å². The van der Waals surface area contributed by atoms with E-state index in [9.17, 15) is 9.18 Å². The molecule has 0 aliphatic heterocycles. The summed E-state index contributed by atoms with van der Waals surface area (Å²) in [5.41, 5.74) is 2.44. The molecule has 2 aromatic carbocycles. The van der Waals surface area contributed by atoms with Crippen LogP contribution in [-0.4, -0.2) is 10.5 Å². The molecular weight excluding hydrogens is 303 g/mol. The number of carbonyl (C=O) groups excluding carboxylic acids is 1. The lowest BCUT2D eigenvalue weighted by molar-refractivity contribution is 0.102. The number of hydrogen-bond acceptors (Lipinski definition) is 1. The summed E-state index contributed by atoms with van der Waals surface area (Å²) < 4.78 is 15.1. The number of hydrogen-bond donors (Lipinski definition) is 1. The average molecular weight is 317 g/mol. The average Bonchev–Trinajstić information content (AvgIpc) is 2.75. The third kappa shape index (κ3) is 2.35. The van der Waals surface area contributed by atoms with Crippen molar-refractivity contribution in [2.24, 2.45) is 7.05 Å². The Morgan fingerprint density at radius 1 is 1.23 bits per heavy atom. The van der Waals surface area contributed by atoms with Crippen molar-refractivity contribution in [2.75, 3.05) is 5.32 Å². The van der Waals surface area contributed by atoms with Crippen molar-refractivity contribution in [3.8, 4) is 0 Å². The van der Waals surface area contributed by atoms with Crippen LogP contribution >= 0.6 is 11.6 Å². The summed E-state index contributed by atoms with van der Waals surface area (Å²) in [6.07, 6.45) is 0. The van der Waals surface area contributed by atoms with Gasteiger partial charge in [0.15, 0.2) is 0 Å². The predicted molar refractivity (Wildman–Crippen MR) is 87.0 cm³/mol. The standard InChI is InChI=1S/C17H14ClFN2O/c1-10-7-8-11(19)9-13(10)20-17(22)16-15(18)12-5-3-4-6-14(12)21(16)2/h3-9H,1-2H3,(H,20,22). The van der Waals surface area contributed by atoms with Gasteiger partial charge in [0.05, 0.1) is 5.02 Å². The maximum Gasteiger partial charge on any atom is 0.273 e. The van der Waals surface area contributed by atoms with E-state index >= 15 is 0 Å². The lowest BCUT2D eigenvalue weighted by Gasteiger charge is -2.09. The van der Waals surface area contributed by atoms with Crippen LogP contribution in [0.1, 0.15) is 16.1 Å². The minimum atomic E-state index is -0.399. The zero-order valence-electron chi connectivity index (χ0n) is 12.2. The maximum atomic E-state index is 13.3. The molecule has 0 aliphatic rings. The molecule has 0 atom stereocenters. The fraction of sp³-hybridized carbons (Fsp3) is 0.118. The highest BCUT2D eigenvalue weighted by atomic mass is 35.5. The molecule has 1 aromatic heterocycles. The summed E-state index contributed by atoms with van der Waals surface area (Å²) in [6.45, 7) is 1.80. The van der Waals surface area contributed by atoms with Crippen molar-refractivity contribution in [1.82, 2.24) is 4.57 Å². The Morgan fingerprint density at radius 3 is 2.68 bits per heavy atom. The van der Waals surface area contributed by atoms with Crippen molar-refractivity contribution >= 4 is 34.1 Å². The quantitative estimate of drug-likeness (QED) is 0.740. The van der Waals surface area contributed by atoms with Gasteiger partial charge in [-0.1, -0.05) is 35.9 Å². The van der Waals surface area contributed by atoms with E-state index in [-0.39, 0.29) is 5.91 Å². The van der Waals surface area contributed by atoms with Crippen LogP contribution in [0.15, 0.2) is 42.5 Å². The highest BCUT2D eigenvalue weighted by molar-refractivity contribution is 6.39. The lowest BCUT2D eigenvalue weighted by Crippen LogP contribution is -2.16. The van der Waals surface area contributed by atoms with Crippen LogP contribution in [0.2, 0.25) is 5.02 Å². The Balaban J connectivity index is 2.04. The molecule has 1 N–H and O–H groups in total. The zero-order chi connectivity index (χ0) is 15.9. The molecule has 0 saturated heterocycles. The summed E-state index contributed by atoms with van der Waals surface area (Å²) >= 11 is 6.34. The van der Waals surface area contributed by atoms with Gasteiger partial charge in [-0.05, 0) is 30.7 Å². The van der Waals surface area contributed by atoms with E-state index in [0.29, 0.717) is 16.4 Å². The molecule has 112 valence electrons. The van der Waals surface area contributed by atoms with E-state index in [1.165, 1.54) is 12.1 Å². The summed E-state index contributed by atoms with van der Waals surface area (Å²) in [5.74, 6) is -0.763. The molecule has 0 unspecified atom stereocenters. The number of aromatic nitrogens is 1. The third-order valence-corrected chi connectivity index (χ3v) is 4.09. The molecular formula is C17H14ClFN2O. The Bertz CT molecular complexity index is 847. The summed E-state index contributed by atoms with van der Waals surface area (Å²) in [7, 11) is 1.78. The molecule has 0 radical (unpaired) electrons. The smallest absolute Gasteiger partial charge is 0.273 e. The number of para-hydroxylation sites is 1. The van der Waals surface area contributed by atoms with Crippen LogP contribution in [0, 0.1) is 12.7 Å². The van der Waals surface area contributed by atoms with Crippen LogP contribution in [0.3, 0.4) is 0 Å². The van der Waals surface area contributed by atoms with Crippen LogP contribution < -0.4 is 5.32 Å². The molecule has 0 aliphatic carbocycles. The number of benzene rings is 2. The molecule has 22 heavy (non-hydrogen) atoms. The van der Waals surface area contributed by atoms with E-state index in [1.54, 1.807) is 24.6 Å². The second-order valence-corrected chi connectivity index (χ2v) is 5.53. The van der Waals surface area contributed by atoms with Gasteiger partial charge < -0.3 is 9.88 Å². The molecule has 0 bridgehead atoms. The van der Waals surface area contributed by atoms with Gasteiger partial charge in [0.1, 0.15) is 11.5 Å². The van der Waals surface area contributed by atoms with Gasteiger partial charge in [0.2, 0.25) is 0 Å². The van der Waals surface area contributed by atoms with Crippen LogP contribution in [-0.2, 0) is 7.05 Å². The van der Waals surface area contributed by atoms with Crippen molar-refractivity contribution in [3.05, 3.63) is 64.6 Å². The number of halogens is 2. The largest absolute Gasteiger partial charge is 0.338 e. The molecule has 0 spiro atoms. The fourth-order valence-electron chi connectivity index (χ4n) is 2.51. The lowest BCUT2D eigenvalue weighted by atomic mass is 10.2. The van der Waals surface area contributed by atoms with Crippen LogP contribution in [0.4, 0.5) is 10.1 Å². The Morgan fingerprint density at radius 2 is 1.95 bits per heavy atom. The van der Waals surface area contributed by atoms with Crippen LogP contribution in [0.5, 0.6) is 0 Å². The molecule has 3 aromatic rings. The molecule has 0 fully saturated rings. The monoisotopic (exact) mass is 316 g/mol. The highest BCUT2D eigenvalue weighted by Crippen LogP contribution is 2.30.